The molecule has 0 saturated carbocycles. The Morgan fingerprint density at radius 2 is 1.97 bits per heavy atom. The van der Waals surface area contributed by atoms with Crippen LogP contribution in [-0.4, -0.2) is 50.1 Å². The fourth-order valence-corrected chi connectivity index (χ4v) is 3.58. The number of hydrogen-bond donors (Lipinski definition) is 2. The van der Waals surface area contributed by atoms with Crippen LogP contribution in [0.5, 0.6) is 11.5 Å². The molecule has 2 N–H and O–H groups in total. The van der Waals surface area contributed by atoms with E-state index in [-0.39, 0.29) is 11.9 Å². The lowest BCUT2D eigenvalue weighted by atomic mass is 10.2. The smallest absolute Gasteiger partial charge is 0.222 e. The summed E-state index contributed by atoms with van der Waals surface area (Å²) in [5, 5.41) is 6.75. The molecule has 0 bridgehead atoms. The van der Waals surface area contributed by atoms with Crippen LogP contribution in [0.15, 0.2) is 53.5 Å². The van der Waals surface area contributed by atoms with Gasteiger partial charge in [0, 0.05) is 39.1 Å². The van der Waals surface area contributed by atoms with Crippen molar-refractivity contribution in [3.05, 3.63) is 59.7 Å². The van der Waals surface area contributed by atoms with E-state index in [1.54, 1.807) is 14.2 Å². The highest BCUT2D eigenvalue weighted by Gasteiger charge is 2.25. The molecule has 1 amide bonds. The van der Waals surface area contributed by atoms with Gasteiger partial charge in [0.05, 0.1) is 7.11 Å². The van der Waals surface area contributed by atoms with Crippen molar-refractivity contribution in [1.82, 2.24) is 15.5 Å². The van der Waals surface area contributed by atoms with Crippen LogP contribution in [0.2, 0.25) is 0 Å². The Hall–Kier alpha value is -3.22. The van der Waals surface area contributed by atoms with Gasteiger partial charge in [0.1, 0.15) is 6.61 Å². The van der Waals surface area contributed by atoms with Crippen LogP contribution in [0.25, 0.3) is 0 Å². The number of rotatable bonds is 8. The van der Waals surface area contributed by atoms with Crippen molar-refractivity contribution in [2.24, 2.45) is 4.99 Å². The average molecular weight is 425 g/mol. The Bertz CT molecular complexity index is 886. The maximum atomic E-state index is 11.9. The molecule has 166 valence electrons. The molecule has 1 aliphatic rings. The van der Waals surface area contributed by atoms with Gasteiger partial charge in [-0.1, -0.05) is 43.3 Å². The van der Waals surface area contributed by atoms with E-state index in [1.165, 1.54) is 0 Å². The maximum Gasteiger partial charge on any atom is 0.222 e. The number of hydrogen-bond acceptors (Lipinski definition) is 4. The summed E-state index contributed by atoms with van der Waals surface area (Å²) < 4.78 is 11.5. The van der Waals surface area contributed by atoms with Gasteiger partial charge in [-0.15, -0.1) is 0 Å². The Labute approximate surface area is 184 Å². The monoisotopic (exact) mass is 424 g/mol. The molecule has 3 rings (SSSR count). The van der Waals surface area contributed by atoms with E-state index < -0.39 is 0 Å². The molecule has 2 aromatic carbocycles. The number of carbonyl (C=O) groups excluding carboxylic acids is 1. The topological polar surface area (TPSA) is 75.2 Å². The number of ether oxygens (including phenoxy) is 2. The number of likely N-dealkylation sites (tertiary alicyclic amines) is 1. The second-order valence-electron chi connectivity index (χ2n) is 7.51. The zero-order chi connectivity index (χ0) is 22.1. The first kappa shape index (κ1) is 22.5. The fraction of sp³-hybridized carbons (Fsp3) is 0.417. The predicted molar refractivity (Wildman–Crippen MR) is 122 cm³/mol. The van der Waals surface area contributed by atoms with Crippen molar-refractivity contribution in [3.63, 3.8) is 0 Å². The third kappa shape index (κ3) is 6.38. The minimum absolute atomic E-state index is 0.203. The van der Waals surface area contributed by atoms with Gasteiger partial charge in [-0.05, 0) is 29.7 Å². The molecule has 7 nitrogen and oxygen atoms in total. The third-order valence-corrected chi connectivity index (χ3v) is 5.33. The fourth-order valence-electron chi connectivity index (χ4n) is 3.58. The molecule has 1 aliphatic heterocycles. The van der Waals surface area contributed by atoms with Crippen LogP contribution >= 0.6 is 0 Å². The minimum Gasteiger partial charge on any atom is -0.493 e. The number of amides is 1. The van der Waals surface area contributed by atoms with Crippen LogP contribution in [0.3, 0.4) is 0 Å². The van der Waals surface area contributed by atoms with Crippen molar-refractivity contribution in [2.45, 2.75) is 39.0 Å². The van der Waals surface area contributed by atoms with E-state index in [9.17, 15) is 4.79 Å². The molecule has 2 aromatic rings. The lowest BCUT2D eigenvalue weighted by Gasteiger charge is -2.19. The molecule has 0 spiro atoms. The molecule has 1 atom stereocenters. The summed E-state index contributed by atoms with van der Waals surface area (Å²) in [6, 6.07) is 16.2. The molecule has 7 heteroatoms. The molecule has 31 heavy (non-hydrogen) atoms. The minimum atomic E-state index is 0.203. The van der Waals surface area contributed by atoms with Crippen molar-refractivity contribution in [3.8, 4) is 11.5 Å². The summed E-state index contributed by atoms with van der Waals surface area (Å²) in [4.78, 5) is 18.1. The Balaban J connectivity index is 1.52. The van der Waals surface area contributed by atoms with E-state index >= 15 is 0 Å². The van der Waals surface area contributed by atoms with Crippen LogP contribution in [0.4, 0.5) is 0 Å². The third-order valence-electron chi connectivity index (χ3n) is 5.33. The van der Waals surface area contributed by atoms with Gasteiger partial charge >= 0.3 is 0 Å². The van der Waals surface area contributed by atoms with Crippen molar-refractivity contribution < 1.29 is 14.3 Å². The Morgan fingerprint density at radius 3 is 2.68 bits per heavy atom. The summed E-state index contributed by atoms with van der Waals surface area (Å²) >= 11 is 0. The average Bonchev–Trinajstić information content (AvgIpc) is 3.29. The van der Waals surface area contributed by atoms with Crippen molar-refractivity contribution >= 4 is 11.9 Å². The van der Waals surface area contributed by atoms with Gasteiger partial charge in [-0.25, -0.2) is 0 Å². The van der Waals surface area contributed by atoms with Crippen molar-refractivity contribution in [2.75, 3.05) is 27.2 Å². The van der Waals surface area contributed by atoms with E-state index in [0.717, 1.165) is 30.1 Å². The number of methoxy groups -OCH3 is 1. The Kier molecular flexibility index (Phi) is 8.15. The summed E-state index contributed by atoms with van der Waals surface area (Å²) in [6.07, 6.45) is 1.47. The maximum absolute atomic E-state index is 11.9. The van der Waals surface area contributed by atoms with E-state index in [1.807, 2.05) is 60.4 Å². The summed E-state index contributed by atoms with van der Waals surface area (Å²) in [7, 11) is 3.40. The molecule has 0 aliphatic carbocycles. The number of aliphatic imine (C=N–C) groups is 1. The number of carbonyl (C=O) groups is 1. The van der Waals surface area contributed by atoms with E-state index in [0.29, 0.717) is 37.6 Å². The lowest BCUT2D eigenvalue weighted by Crippen LogP contribution is -2.44. The first-order chi connectivity index (χ1) is 15.1. The first-order valence-electron chi connectivity index (χ1n) is 10.7. The number of guanidine groups is 1. The highest BCUT2D eigenvalue weighted by Crippen LogP contribution is 2.28. The van der Waals surface area contributed by atoms with Gasteiger partial charge in [-0.2, -0.15) is 0 Å². The molecule has 1 fully saturated rings. The highest BCUT2D eigenvalue weighted by molar-refractivity contribution is 5.80. The van der Waals surface area contributed by atoms with Crippen molar-refractivity contribution in [1.29, 1.82) is 0 Å². The molecule has 0 aromatic heterocycles. The van der Waals surface area contributed by atoms with Gasteiger partial charge in [0.25, 0.3) is 0 Å². The van der Waals surface area contributed by atoms with Gasteiger partial charge in [-0.3, -0.25) is 9.79 Å². The summed E-state index contributed by atoms with van der Waals surface area (Å²) in [5.41, 5.74) is 2.16. The standard InChI is InChI=1S/C24H32N4O3/c1-4-23(29)28-13-12-20(16-28)27-24(25-2)26-15-19-10-11-21(22(14-19)30-3)31-17-18-8-6-5-7-9-18/h5-11,14,20H,4,12-13,15-17H2,1-3H3,(H2,25,26,27). The van der Waals surface area contributed by atoms with Gasteiger partial charge < -0.3 is 25.0 Å². The van der Waals surface area contributed by atoms with Gasteiger partial charge in [0.15, 0.2) is 17.5 Å². The number of nitrogens with one attached hydrogen (secondary N) is 2. The largest absolute Gasteiger partial charge is 0.493 e. The highest BCUT2D eigenvalue weighted by atomic mass is 16.5. The van der Waals surface area contributed by atoms with E-state index in [2.05, 4.69) is 15.6 Å². The first-order valence-corrected chi connectivity index (χ1v) is 10.7. The molecule has 1 unspecified atom stereocenters. The van der Waals surface area contributed by atoms with Crippen LogP contribution in [-0.2, 0) is 17.9 Å². The van der Waals surface area contributed by atoms with Crippen LogP contribution in [0, 0.1) is 0 Å². The summed E-state index contributed by atoms with van der Waals surface area (Å²) in [6.45, 7) is 4.50. The second-order valence-corrected chi connectivity index (χ2v) is 7.51. The van der Waals surface area contributed by atoms with Gasteiger partial charge in [0.2, 0.25) is 5.91 Å². The van der Waals surface area contributed by atoms with Crippen LogP contribution in [0.1, 0.15) is 30.9 Å². The number of benzene rings is 2. The molecule has 1 heterocycles. The zero-order valence-corrected chi connectivity index (χ0v) is 18.6. The molecule has 0 radical (unpaired) electrons. The summed E-state index contributed by atoms with van der Waals surface area (Å²) in [5.74, 6) is 2.33. The lowest BCUT2D eigenvalue weighted by molar-refractivity contribution is -0.129. The molecular formula is C24H32N4O3. The Morgan fingerprint density at radius 1 is 1.16 bits per heavy atom. The second kappa shape index (κ2) is 11.2. The molecule has 1 saturated heterocycles. The normalized spacial score (nSPS) is 16.2. The SMILES string of the molecule is CCC(=O)N1CCC(NC(=NC)NCc2ccc(OCc3ccccc3)c(OC)c2)C1. The predicted octanol–water partition coefficient (Wildman–Crippen LogP) is 2.95. The molecular weight excluding hydrogens is 392 g/mol. The quantitative estimate of drug-likeness (QED) is 0.503. The zero-order valence-electron chi connectivity index (χ0n) is 18.6. The van der Waals surface area contributed by atoms with Crippen LogP contribution < -0.4 is 20.1 Å². The van der Waals surface area contributed by atoms with E-state index in [4.69, 9.17) is 9.47 Å². The number of nitrogens with zero attached hydrogens (tertiary/aromatic N) is 2.